The summed E-state index contributed by atoms with van der Waals surface area (Å²) in [6.45, 7) is 3.60. The van der Waals surface area contributed by atoms with E-state index in [9.17, 15) is 4.79 Å². The van der Waals surface area contributed by atoms with Crippen LogP contribution in [0.5, 0.6) is 0 Å². The molecule has 4 nitrogen and oxygen atoms in total. The van der Waals surface area contributed by atoms with Crippen molar-refractivity contribution < 1.29 is 9.53 Å². The molecule has 2 atom stereocenters. The zero-order chi connectivity index (χ0) is 8.27. The normalized spacial score (nSPS) is 31.5. The van der Waals surface area contributed by atoms with Crippen LogP contribution >= 0.6 is 0 Å². The van der Waals surface area contributed by atoms with Gasteiger partial charge in [0.1, 0.15) is 6.04 Å². The molecule has 4 heteroatoms. The van der Waals surface area contributed by atoms with Gasteiger partial charge in [-0.25, -0.2) is 0 Å². The highest BCUT2D eigenvalue weighted by Crippen LogP contribution is 1.94. The number of esters is 1. The maximum Gasteiger partial charge on any atom is 0.324 e. The zero-order valence-corrected chi connectivity index (χ0v) is 6.89. The molecule has 0 bridgehead atoms. The summed E-state index contributed by atoms with van der Waals surface area (Å²) < 4.78 is 4.60. The fourth-order valence-corrected chi connectivity index (χ4v) is 1.20. The van der Waals surface area contributed by atoms with E-state index < -0.39 is 0 Å². The van der Waals surface area contributed by atoms with Crippen LogP contribution in [0.25, 0.3) is 0 Å². The van der Waals surface area contributed by atoms with Crippen molar-refractivity contribution in [2.45, 2.75) is 19.0 Å². The van der Waals surface area contributed by atoms with Crippen LogP contribution in [-0.2, 0) is 9.53 Å². The number of carbonyl (C=O) groups excluding carboxylic acids is 1. The summed E-state index contributed by atoms with van der Waals surface area (Å²) in [5, 5.41) is 6.27. The van der Waals surface area contributed by atoms with Crippen LogP contribution in [0.1, 0.15) is 6.92 Å². The van der Waals surface area contributed by atoms with Gasteiger partial charge < -0.3 is 10.1 Å². The molecule has 0 aromatic carbocycles. The number of nitrogens with one attached hydrogen (secondary N) is 2. The van der Waals surface area contributed by atoms with Gasteiger partial charge in [-0.2, -0.15) is 0 Å². The quantitative estimate of drug-likeness (QED) is 0.486. The molecule has 1 saturated heterocycles. The fourth-order valence-electron chi connectivity index (χ4n) is 1.20. The molecule has 0 spiro atoms. The minimum Gasteiger partial charge on any atom is -0.468 e. The second kappa shape index (κ2) is 3.69. The lowest BCUT2D eigenvalue weighted by Crippen LogP contribution is -2.57. The maximum absolute atomic E-state index is 11.0. The average Bonchev–Trinajstić information content (AvgIpc) is 2.03. The fraction of sp³-hybridized carbons (Fsp3) is 0.857. The predicted octanol–water partition coefficient (Wildman–Crippen LogP) is -0.891. The van der Waals surface area contributed by atoms with Crippen LogP contribution in [0.2, 0.25) is 0 Å². The lowest BCUT2D eigenvalue weighted by molar-refractivity contribution is -0.143. The molecule has 0 radical (unpaired) electrons. The van der Waals surface area contributed by atoms with Crippen LogP contribution in [0.15, 0.2) is 0 Å². The summed E-state index contributed by atoms with van der Waals surface area (Å²) in [5.41, 5.74) is 0. The first kappa shape index (κ1) is 8.49. The van der Waals surface area contributed by atoms with E-state index in [0.717, 1.165) is 6.54 Å². The Labute approximate surface area is 66.3 Å². The lowest BCUT2D eigenvalue weighted by Gasteiger charge is -2.27. The Balaban J connectivity index is 2.39. The molecule has 1 rings (SSSR count). The second-order valence-corrected chi connectivity index (χ2v) is 2.80. The van der Waals surface area contributed by atoms with Gasteiger partial charge in [-0.15, -0.1) is 0 Å². The standard InChI is InChI=1S/C7H14N2O2/c1-5-3-8-4-6(9-5)7(10)11-2/h5-6,8-9H,3-4H2,1-2H3/t5-,6+/m0/s1. The van der Waals surface area contributed by atoms with Crippen LogP contribution in [-0.4, -0.2) is 38.3 Å². The van der Waals surface area contributed by atoms with Crippen molar-refractivity contribution >= 4 is 5.97 Å². The molecule has 1 fully saturated rings. The molecule has 1 aliphatic heterocycles. The number of rotatable bonds is 1. The third-order valence-electron chi connectivity index (χ3n) is 1.77. The van der Waals surface area contributed by atoms with Gasteiger partial charge in [0, 0.05) is 19.1 Å². The molecular formula is C7H14N2O2. The summed E-state index contributed by atoms with van der Waals surface area (Å²) in [7, 11) is 1.41. The van der Waals surface area contributed by atoms with E-state index in [4.69, 9.17) is 0 Å². The van der Waals surface area contributed by atoms with E-state index in [1.54, 1.807) is 0 Å². The third kappa shape index (κ3) is 2.17. The Morgan fingerprint density at radius 3 is 2.82 bits per heavy atom. The molecule has 1 heterocycles. The number of hydrogen-bond donors (Lipinski definition) is 2. The highest BCUT2D eigenvalue weighted by Gasteiger charge is 2.23. The molecular weight excluding hydrogens is 144 g/mol. The Hall–Kier alpha value is -0.610. The Morgan fingerprint density at radius 1 is 1.55 bits per heavy atom. The first-order chi connectivity index (χ1) is 5.24. The highest BCUT2D eigenvalue weighted by atomic mass is 16.5. The minimum absolute atomic E-state index is 0.177. The van der Waals surface area contributed by atoms with E-state index in [-0.39, 0.29) is 12.0 Å². The first-order valence-electron chi connectivity index (χ1n) is 3.78. The molecule has 64 valence electrons. The Kier molecular flexibility index (Phi) is 2.84. The number of hydrogen-bond acceptors (Lipinski definition) is 4. The van der Waals surface area contributed by atoms with Crippen molar-refractivity contribution in [3.63, 3.8) is 0 Å². The van der Waals surface area contributed by atoms with Crippen LogP contribution in [0.3, 0.4) is 0 Å². The van der Waals surface area contributed by atoms with E-state index in [1.807, 2.05) is 6.92 Å². The minimum atomic E-state index is -0.191. The Bertz CT molecular complexity index is 149. The maximum atomic E-state index is 11.0. The van der Waals surface area contributed by atoms with Gasteiger partial charge in [-0.3, -0.25) is 10.1 Å². The molecule has 0 aliphatic carbocycles. The van der Waals surface area contributed by atoms with E-state index in [1.165, 1.54) is 7.11 Å². The highest BCUT2D eigenvalue weighted by molar-refractivity contribution is 5.76. The van der Waals surface area contributed by atoms with Crippen molar-refractivity contribution in [3.05, 3.63) is 0 Å². The third-order valence-corrected chi connectivity index (χ3v) is 1.77. The molecule has 11 heavy (non-hydrogen) atoms. The number of carbonyl (C=O) groups is 1. The van der Waals surface area contributed by atoms with Gasteiger partial charge in [0.25, 0.3) is 0 Å². The van der Waals surface area contributed by atoms with E-state index in [2.05, 4.69) is 15.4 Å². The molecule has 1 aliphatic rings. The molecule has 0 aromatic rings. The predicted molar refractivity (Wildman–Crippen MR) is 41.3 cm³/mol. The summed E-state index contributed by atoms with van der Waals surface area (Å²) in [5.74, 6) is -0.191. The smallest absolute Gasteiger partial charge is 0.324 e. The van der Waals surface area contributed by atoms with Gasteiger partial charge in [-0.05, 0) is 6.92 Å². The second-order valence-electron chi connectivity index (χ2n) is 2.80. The lowest BCUT2D eigenvalue weighted by atomic mass is 10.2. The number of ether oxygens (including phenoxy) is 1. The van der Waals surface area contributed by atoms with Gasteiger partial charge >= 0.3 is 5.97 Å². The first-order valence-corrected chi connectivity index (χ1v) is 3.78. The summed E-state index contributed by atoms with van der Waals surface area (Å²) in [6.07, 6.45) is 0. The summed E-state index contributed by atoms with van der Waals surface area (Å²) in [4.78, 5) is 11.0. The number of methoxy groups -OCH3 is 1. The van der Waals surface area contributed by atoms with E-state index in [0.29, 0.717) is 12.6 Å². The van der Waals surface area contributed by atoms with Crippen molar-refractivity contribution in [3.8, 4) is 0 Å². The summed E-state index contributed by atoms with van der Waals surface area (Å²) in [6, 6.07) is 0.164. The largest absolute Gasteiger partial charge is 0.468 e. The number of piperazine rings is 1. The molecule has 0 saturated carbocycles. The van der Waals surface area contributed by atoms with Crippen molar-refractivity contribution in [2.75, 3.05) is 20.2 Å². The van der Waals surface area contributed by atoms with Crippen LogP contribution < -0.4 is 10.6 Å². The zero-order valence-electron chi connectivity index (χ0n) is 6.89. The van der Waals surface area contributed by atoms with E-state index >= 15 is 0 Å². The van der Waals surface area contributed by atoms with Gasteiger partial charge in [0.05, 0.1) is 7.11 Å². The monoisotopic (exact) mass is 158 g/mol. The van der Waals surface area contributed by atoms with Crippen molar-refractivity contribution in [1.29, 1.82) is 0 Å². The van der Waals surface area contributed by atoms with Gasteiger partial charge in [0.15, 0.2) is 0 Å². The topological polar surface area (TPSA) is 50.4 Å². The van der Waals surface area contributed by atoms with Crippen molar-refractivity contribution in [1.82, 2.24) is 10.6 Å². The van der Waals surface area contributed by atoms with Gasteiger partial charge in [0.2, 0.25) is 0 Å². The molecule has 2 N–H and O–H groups in total. The summed E-state index contributed by atoms with van der Waals surface area (Å²) >= 11 is 0. The SMILES string of the molecule is COC(=O)[C@H]1CNC[C@H](C)N1. The molecule has 0 amide bonds. The molecule has 0 unspecified atom stereocenters. The average molecular weight is 158 g/mol. The van der Waals surface area contributed by atoms with Gasteiger partial charge in [-0.1, -0.05) is 0 Å². The van der Waals surface area contributed by atoms with Crippen LogP contribution in [0, 0.1) is 0 Å². The Morgan fingerprint density at radius 2 is 2.27 bits per heavy atom. The van der Waals surface area contributed by atoms with Crippen LogP contribution in [0.4, 0.5) is 0 Å². The van der Waals surface area contributed by atoms with Crippen molar-refractivity contribution in [2.24, 2.45) is 0 Å². The molecule has 0 aromatic heterocycles.